The summed E-state index contributed by atoms with van der Waals surface area (Å²) in [6.07, 6.45) is 1.46. The molecule has 0 amide bonds. The van der Waals surface area contributed by atoms with Crippen LogP contribution in [0.4, 0.5) is 0 Å². The van der Waals surface area contributed by atoms with Gasteiger partial charge >= 0.3 is 5.97 Å². The van der Waals surface area contributed by atoms with Crippen LogP contribution in [0.25, 0.3) is 0 Å². The molecule has 0 aromatic heterocycles. The Balaban J connectivity index is 1.69. The molecular weight excluding hydrogens is 310 g/mol. The van der Waals surface area contributed by atoms with Crippen molar-refractivity contribution in [1.29, 1.82) is 0 Å². The third kappa shape index (κ3) is 5.57. The summed E-state index contributed by atoms with van der Waals surface area (Å²) in [7, 11) is 1.58. The van der Waals surface area contributed by atoms with Gasteiger partial charge in [-0.1, -0.05) is 35.5 Å². The first-order chi connectivity index (χ1) is 11.7. The number of benzene rings is 2. The second kappa shape index (κ2) is 9.09. The van der Waals surface area contributed by atoms with Crippen molar-refractivity contribution in [3.05, 3.63) is 65.7 Å². The van der Waals surface area contributed by atoms with Crippen LogP contribution in [0, 0.1) is 0 Å². The van der Waals surface area contributed by atoms with Gasteiger partial charge in [0.1, 0.15) is 5.75 Å². The maximum atomic E-state index is 11.8. The van der Waals surface area contributed by atoms with Crippen molar-refractivity contribution in [3.63, 3.8) is 0 Å². The monoisotopic (exact) mass is 327 g/mol. The fourth-order valence-electron chi connectivity index (χ4n) is 1.77. The number of nitrogens with zero attached hydrogens (tertiary/aromatic N) is 1. The highest BCUT2D eigenvalue weighted by atomic mass is 16.7. The molecule has 0 saturated carbocycles. The lowest BCUT2D eigenvalue weighted by Gasteiger charge is -2.03. The molecule has 0 aliphatic rings. The average molecular weight is 327 g/mol. The number of oxime groups is 1. The van der Waals surface area contributed by atoms with E-state index in [1.54, 1.807) is 61.7 Å². The van der Waals surface area contributed by atoms with Crippen LogP contribution >= 0.6 is 0 Å². The Hall–Kier alpha value is -3.15. The number of hydrogen-bond acceptors (Lipinski definition) is 6. The van der Waals surface area contributed by atoms with E-state index in [2.05, 4.69) is 5.16 Å². The Morgan fingerprint density at radius 3 is 2.38 bits per heavy atom. The minimum atomic E-state index is -0.661. The van der Waals surface area contributed by atoms with E-state index < -0.39 is 5.97 Å². The summed E-state index contributed by atoms with van der Waals surface area (Å²) in [5.41, 5.74) is 1.28. The number of Topliss-reactive ketones (excluding diaryl/α,β-unsaturated/α-hetero) is 1. The Morgan fingerprint density at radius 2 is 1.71 bits per heavy atom. The van der Waals surface area contributed by atoms with Gasteiger partial charge in [-0.3, -0.25) is 4.79 Å². The van der Waals surface area contributed by atoms with Crippen LogP contribution in [-0.2, 0) is 14.4 Å². The molecule has 0 fully saturated rings. The second-order valence-corrected chi connectivity index (χ2v) is 4.73. The molecule has 2 aromatic rings. The molecule has 6 nitrogen and oxygen atoms in total. The zero-order chi connectivity index (χ0) is 17.2. The van der Waals surface area contributed by atoms with Crippen molar-refractivity contribution in [3.8, 4) is 5.75 Å². The van der Waals surface area contributed by atoms with Crippen molar-refractivity contribution in [2.24, 2.45) is 5.16 Å². The molecule has 0 heterocycles. The van der Waals surface area contributed by atoms with E-state index in [0.29, 0.717) is 5.56 Å². The topological polar surface area (TPSA) is 74.2 Å². The van der Waals surface area contributed by atoms with E-state index in [1.807, 2.05) is 0 Å². The summed E-state index contributed by atoms with van der Waals surface area (Å²) in [4.78, 5) is 28.1. The predicted octanol–water partition coefficient (Wildman–Crippen LogP) is 2.47. The minimum Gasteiger partial charge on any atom is -0.497 e. The number of rotatable bonds is 8. The lowest BCUT2D eigenvalue weighted by Crippen LogP contribution is -2.17. The lowest BCUT2D eigenvalue weighted by atomic mass is 10.1. The molecule has 0 aliphatic carbocycles. The molecule has 6 heteroatoms. The standard InChI is InChI=1S/C18H17NO5/c1-22-16-9-7-14(8-10-16)11-19-24-13-18(21)23-12-17(20)15-5-3-2-4-6-15/h2-11H,12-13H2,1H3/b19-11-. The summed E-state index contributed by atoms with van der Waals surface area (Å²) < 4.78 is 9.88. The molecular formula is C18H17NO5. The van der Waals surface area contributed by atoms with Gasteiger partial charge in [-0.15, -0.1) is 0 Å². The molecule has 124 valence electrons. The van der Waals surface area contributed by atoms with Crippen LogP contribution < -0.4 is 4.74 Å². The van der Waals surface area contributed by atoms with E-state index in [0.717, 1.165) is 11.3 Å². The van der Waals surface area contributed by atoms with E-state index in [4.69, 9.17) is 14.3 Å². The van der Waals surface area contributed by atoms with Crippen LogP contribution in [0.2, 0.25) is 0 Å². The Morgan fingerprint density at radius 1 is 1.00 bits per heavy atom. The van der Waals surface area contributed by atoms with Crippen molar-refractivity contribution < 1.29 is 23.9 Å². The van der Waals surface area contributed by atoms with E-state index in [1.165, 1.54) is 6.21 Å². The van der Waals surface area contributed by atoms with E-state index in [-0.39, 0.29) is 19.0 Å². The number of methoxy groups -OCH3 is 1. The third-order valence-electron chi connectivity index (χ3n) is 3.03. The number of hydrogen-bond donors (Lipinski definition) is 0. The average Bonchev–Trinajstić information content (AvgIpc) is 2.64. The highest BCUT2D eigenvalue weighted by Gasteiger charge is 2.09. The van der Waals surface area contributed by atoms with Gasteiger partial charge in [0.05, 0.1) is 13.3 Å². The highest BCUT2D eigenvalue weighted by Crippen LogP contribution is 2.09. The van der Waals surface area contributed by atoms with Crippen LogP contribution in [0.3, 0.4) is 0 Å². The van der Waals surface area contributed by atoms with Gasteiger partial charge in [0, 0.05) is 5.56 Å². The lowest BCUT2D eigenvalue weighted by molar-refractivity contribution is -0.147. The van der Waals surface area contributed by atoms with Gasteiger partial charge in [0.2, 0.25) is 6.61 Å². The van der Waals surface area contributed by atoms with Gasteiger partial charge in [0.25, 0.3) is 0 Å². The van der Waals surface area contributed by atoms with Crippen molar-refractivity contribution in [2.75, 3.05) is 20.3 Å². The maximum absolute atomic E-state index is 11.8. The number of ether oxygens (including phenoxy) is 2. The van der Waals surface area contributed by atoms with Gasteiger partial charge in [-0.05, 0) is 29.8 Å². The summed E-state index contributed by atoms with van der Waals surface area (Å²) in [5.74, 6) is -0.198. The SMILES string of the molecule is COc1ccc(/C=N\OCC(=O)OCC(=O)c2ccccc2)cc1. The van der Waals surface area contributed by atoms with Gasteiger partial charge in [0.15, 0.2) is 12.4 Å². The number of carbonyl (C=O) groups excluding carboxylic acids is 2. The third-order valence-corrected chi connectivity index (χ3v) is 3.03. The quantitative estimate of drug-likeness (QED) is 0.322. The highest BCUT2D eigenvalue weighted by molar-refractivity contribution is 5.97. The smallest absolute Gasteiger partial charge is 0.347 e. The first kappa shape index (κ1) is 17.2. The maximum Gasteiger partial charge on any atom is 0.347 e. The van der Waals surface area contributed by atoms with Crippen molar-refractivity contribution in [1.82, 2.24) is 0 Å². The molecule has 0 aliphatic heterocycles. The summed E-state index contributed by atoms with van der Waals surface area (Å²) >= 11 is 0. The van der Waals surface area contributed by atoms with Crippen LogP contribution in [0.15, 0.2) is 59.8 Å². The normalized spacial score (nSPS) is 10.4. The van der Waals surface area contributed by atoms with Crippen LogP contribution in [0.5, 0.6) is 5.75 Å². The first-order valence-electron chi connectivity index (χ1n) is 7.22. The Bertz CT molecular complexity index is 695. The largest absolute Gasteiger partial charge is 0.497 e. The van der Waals surface area contributed by atoms with E-state index >= 15 is 0 Å². The molecule has 0 atom stereocenters. The molecule has 0 radical (unpaired) electrons. The molecule has 24 heavy (non-hydrogen) atoms. The Labute approximate surface area is 139 Å². The molecule has 0 bridgehead atoms. The van der Waals surface area contributed by atoms with Crippen molar-refractivity contribution in [2.45, 2.75) is 0 Å². The van der Waals surface area contributed by atoms with E-state index in [9.17, 15) is 9.59 Å². The van der Waals surface area contributed by atoms with Crippen LogP contribution in [-0.4, -0.2) is 38.3 Å². The van der Waals surface area contributed by atoms with Crippen LogP contribution in [0.1, 0.15) is 15.9 Å². The zero-order valence-corrected chi connectivity index (χ0v) is 13.2. The summed E-state index contributed by atoms with van der Waals surface area (Å²) in [5, 5.41) is 3.67. The fraction of sp³-hybridized carbons (Fsp3) is 0.167. The van der Waals surface area contributed by atoms with Gasteiger partial charge < -0.3 is 14.3 Å². The summed E-state index contributed by atoms with van der Waals surface area (Å²) in [6.45, 7) is -0.691. The molecule has 0 saturated heterocycles. The van der Waals surface area contributed by atoms with Crippen molar-refractivity contribution >= 4 is 18.0 Å². The number of ketones is 1. The Kier molecular flexibility index (Phi) is 6.52. The second-order valence-electron chi connectivity index (χ2n) is 4.73. The zero-order valence-electron chi connectivity index (χ0n) is 13.2. The fourth-order valence-corrected chi connectivity index (χ4v) is 1.77. The number of carbonyl (C=O) groups is 2. The molecule has 2 rings (SSSR count). The predicted molar refractivity (Wildman–Crippen MR) is 88.3 cm³/mol. The molecule has 0 spiro atoms. The van der Waals surface area contributed by atoms with Gasteiger partial charge in [-0.25, -0.2) is 4.79 Å². The molecule has 0 unspecified atom stereocenters. The minimum absolute atomic E-state index is 0.273. The molecule has 0 N–H and O–H groups in total. The first-order valence-corrected chi connectivity index (χ1v) is 7.22. The summed E-state index contributed by atoms with van der Waals surface area (Å²) in [6, 6.07) is 15.8. The molecule has 2 aromatic carbocycles. The number of esters is 1. The van der Waals surface area contributed by atoms with Gasteiger partial charge in [-0.2, -0.15) is 0 Å².